The highest BCUT2D eigenvalue weighted by Crippen LogP contribution is 2.33. The number of aryl methyl sites for hydroxylation is 1. The lowest BCUT2D eigenvalue weighted by Gasteiger charge is -2.09. The Balaban J connectivity index is 2.09. The van der Waals surface area contributed by atoms with Crippen molar-refractivity contribution in [1.82, 2.24) is 15.2 Å². The van der Waals surface area contributed by atoms with E-state index in [9.17, 15) is 0 Å². The maximum atomic E-state index is 5.74. The van der Waals surface area contributed by atoms with Crippen LogP contribution in [0.4, 0.5) is 0 Å². The van der Waals surface area contributed by atoms with Crippen LogP contribution in [0.1, 0.15) is 16.6 Å². The lowest BCUT2D eigenvalue weighted by Crippen LogP contribution is -2.08. The molecule has 0 bridgehead atoms. The van der Waals surface area contributed by atoms with Gasteiger partial charge < -0.3 is 5.73 Å². The minimum atomic E-state index is 0.242. The first kappa shape index (κ1) is 10.7. The van der Waals surface area contributed by atoms with Crippen molar-refractivity contribution >= 4 is 23.1 Å². The topological polar surface area (TPSA) is 67.6 Å². The molecule has 15 heavy (non-hydrogen) atoms. The van der Waals surface area contributed by atoms with Crippen molar-refractivity contribution in [2.75, 3.05) is 6.54 Å². The average Bonchev–Trinajstić information content (AvgIpc) is 2.85. The van der Waals surface area contributed by atoms with Crippen molar-refractivity contribution in [1.29, 1.82) is 0 Å². The summed E-state index contributed by atoms with van der Waals surface area (Å²) in [5.74, 6) is 0.832. The van der Waals surface area contributed by atoms with Crippen LogP contribution in [0.3, 0.4) is 0 Å². The van der Waals surface area contributed by atoms with Crippen molar-refractivity contribution in [2.24, 2.45) is 5.73 Å². The van der Waals surface area contributed by atoms with E-state index in [1.807, 2.05) is 6.92 Å². The third kappa shape index (κ3) is 2.58. The first-order valence-corrected chi connectivity index (χ1v) is 6.39. The molecule has 2 rings (SSSR count). The quantitative estimate of drug-likeness (QED) is 0.802. The Bertz CT molecular complexity index is 409. The molecule has 0 saturated carbocycles. The van der Waals surface area contributed by atoms with E-state index in [1.165, 1.54) is 5.56 Å². The van der Waals surface area contributed by atoms with Crippen LogP contribution in [0.2, 0.25) is 0 Å². The number of nitrogens with zero attached hydrogens (tertiary/aromatic N) is 2. The number of thiophene rings is 1. The molecule has 0 aliphatic heterocycles. The molecule has 0 spiro atoms. The fourth-order valence-electron chi connectivity index (χ4n) is 1.21. The highest BCUT2D eigenvalue weighted by atomic mass is 32.2. The fraction of sp³-hybridized carbons (Fsp3) is 0.333. The number of nitrogens with one attached hydrogen (secondary N) is 1. The number of thioether (sulfide) groups is 1. The van der Waals surface area contributed by atoms with Gasteiger partial charge in [-0.3, -0.25) is 5.10 Å². The van der Waals surface area contributed by atoms with Gasteiger partial charge in [-0.1, -0.05) is 11.8 Å². The molecule has 0 fully saturated rings. The number of rotatable bonds is 4. The van der Waals surface area contributed by atoms with Gasteiger partial charge in [0, 0.05) is 6.54 Å². The van der Waals surface area contributed by atoms with Crippen molar-refractivity contribution in [3.8, 4) is 0 Å². The summed E-state index contributed by atoms with van der Waals surface area (Å²) in [6, 6.07) is 2.09. The maximum Gasteiger partial charge on any atom is 0.209 e. The van der Waals surface area contributed by atoms with Crippen molar-refractivity contribution in [2.45, 2.75) is 17.3 Å². The monoisotopic (exact) mass is 240 g/mol. The van der Waals surface area contributed by atoms with Crippen LogP contribution in [0, 0.1) is 6.92 Å². The lowest BCUT2D eigenvalue weighted by molar-refractivity contribution is 0.917. The first-order valence-electron chi connectivity index (χ1n) is 4.57. The number of hydrogen-bond donors (Lipinski definition) is 2. The molecule has 3 N–H and O–H groups in total. The summed E-state index contributed by atoms with van der Waals surface area (Å²) in [5.41, 5.74) is 6.98. The number of hydrogen-bond acceptors (Lipinski definition) is 5. The molecule has 0 amide bonds. The predicted molar refractivity (Wildman–Crippen MR) is 63.1 cm³/mol. The molecule has 1 unspecified atom stereocenters. The number of aromatic amines is 1. The Morgan fingerprint density at radius 1 is 1.67 bits per heavy atom. The lowest BCUT2D eigenvalue weighted by atomic mass is 10.2. The third-order valence-electron chi connectivity index (χ3n) is 1.95. The molecule has 0 aliphatic carbocycles. The largest absolute Gasteiger partial charge is 0.329 e. The number of aromatic nitrogens is 3. The summed E-state index contributed by atoms with van der Waals surface area (Å²) in [6.45, 7) is 2.48. The summed E-state index contributed by atoms with van der Waals surface area (Å²) in [5, 5.41) is 12.1. The molecule has 4 nitrogen and oxygen atoms in total. The molecular weight excluding hydrogens is 228 g/mol. The van der Waals surface area contributed by atoms with Gasteiger partial charge in [0.2, 0.25) is 5.16 Å². The number of H-pyrrole nitrogens is 1. The summed E-state index contributed by atoms with van der Waals surface area (Å²) < 4.78 is 0. The van der Waals surface area contributed by atoms with Gasteiger partial charge >= 0.3 is 0 Å². The Labute approximate surface area is 96.3 Å². The molecule has 1 atom stereocenters. The third-order valence-corrected chi connectivity index (χ3v) is 3.80. The maximum absolute atomic E-state index is 5.74. The Morgan fingerprint density at radius 3 is 3.07 bits per heavy atom. The van der Waals surface area contributed by atoms with Gasteiger partial charge in [-0.05, 0) is 29.3 Å². The Morgan fingerprint density at radius 2 is 2.53 bits per heavy atom. The van der Waals surface area contributed by atoms with Crippen LogP contribution in [-0.2, 0) is 0 Å². The van der Waals surface area contributed by atoms with Gasteiger partial charge in [0.05, 0.1) is 5.25 Å². The van der Waals surface area contributed by atoms with E-state index < -0.39 is 0 Å². The zero-order chi connectivity index (χ0) is 10.7. The minimum absolute atomic E-state index is 0.242. The van der Waals surface area contributed by atoms with Crippen LogP contribution in [-0.4, -0.2) is 21.7 Å². The predicted octanol–water partition coefficient (Wildman–Crippen LogP) is 1.97. The van der Waals surface area contributed by atoms with Gasteiger partial charge in [0.25, 0.3) is 0 Å². The summed E-state index contributed by atoms with van der Waals surface area (Å²) >= 11 is 3.28. The van der Waals surface area contributed by atoms with Crippen LogP contribution < -0.4 is 5.73 Å². The molecule has 6 heteroatoms. The summed E-state index contributed by atoms with van der Waals surface area (Å²) in [7, 11) is 0. The van der Waals surface area contributed by atoms with Gasteiger partial charge in [0.1, 0.15) is 5.82 Å². The van der Waals surface area contributed by atoms with Crippen LogP contribution >= 0.6 is 23.1 Å². The molecule has 2 aromatic rings. The fourth-order valence-corrected chi connectivity index (χ4v) is 2.93. The second-order valence-corrected chi connectivity index (χ2v) is 5.05. The highest BCUT2D eigenvalue weighted by Gasteiger charge is 2.14. The zero-order valence-corrected chi connectivity index (χ0v) is 9.94. The van der Waals surface area contributed by atoms with Crippen molar-refractivity contribution < 1.29 is 0 Å². The summed E-state index contributed by atoms with van der Waals surface area (Å²) in [4.78, 5) is 4.25. The number of nitrogens with two attached hydrogens (primary N) is 1. The molecule has 80 valence electrons. The highest BCUT2D eigenvalue weighted by molar-refractivity contribution is 7.99. The van der Waals surface area contributed by atoms with Crippen molar-refractivity contribution in [3.05, 3.63) is 28.2 Å². The van der Waals surface area contributed by atoms with E-state index >= 15 is 0 Å². The van der Waals surface area contributed by atoms with E-state index in [-0.39, 0.29) is 5.25 Å². The SMILES string of the molecule is Cc1nc(SC(CN)c2ccsc2)n[nH]1. The van der Waals surface area contributed by atoms with Crippen LogP contribution in [0.25, 0.3) is 0 Å². The van der Waals surface area contributed by atoms with Crippen LogP contribution in [0.15, 0.2) is 22.0 Å². The second-order valence-electron chi connectivity index (χ2n) is 3.10. The molecule has 0 aromatic carbocycles. The van der Waals surface area contributed by atoms with E-state index in [4.69, 9.17) is 5.73 Å². The van der Waals surface area contributed by atoms with Crippen LogP contribution in [0.5, 0.6) is 0 Å². The Kier molecular flexibility index (Phi) is 3.40. The smallest absolute Gasteiger partial charge is 0.209 e. The van der Waals surface area contributed by atoms with E-state index in [0.717, 1.165) is 11.0 Å². The zero-order valence-electron chi connectivity index (χ0n) is 8.30. The first-order chi connectivity index (χ1) is 7.29. The second kappa shape index (κ2) is 4.78. The van der Waals surface area contributed by atoms with E-state index in [2.05, 4.69) is 32.0 Å². The molecule has 0 saturated heterocycles. The standard InChI is InChI=1S/C9H12N4S2/c1-6-11-9(13-12-6)15-8(4-10)7-2-3-14-5-7/h2-3,5,8H,4,10H2,1H3,(H,11,12,13). The average molecular weight is 240 g/mol. The van der Waals surface area contributed by atoms with Gasteiger partial charge in [0.15, 0.2) is 0 Å². The van der Waals surface area contributed by atoms with Gasteiger partial charge in [-0.15, -0.1) is 5.10 Å². The summed E-state index contributed by atoms with van der Waals surface area (Å²) in [6.07, 6.45) is 0. The molecule has 0 radical (unpaired) electrons. The molecule has 0 aliphatic rings. The van der Waals surface area contributed by atoms with Gasteiger partial charge in [-0.2, -0.15) is 11.3 Å². The van der Waals surface area contributed by atoms with E-state index in [1.54, 1.807) is 23.1 Å². The normalized spacial score (nSPS) is 12.9. The molecular formula is C9H12N4S2. The minimum Gasteiger partial charge on any atom is -0.329 e. The molecule has 2 heterocycles. The van der Waals surface area contributed by atoms with Crippen molar-refractivity contribution in [3.63, 3.8) is 0 Å². The molecule has 2 aromatic heterocycles. The van der Waals surface area contributed by atoms with E-state index in [0.29, 0.717) is 6.54 Å². The Hall–Kier alpha value is -0.850. The van der Waals surface area contributed by atoms with Gasteiger partial charge in [-0.25, -0.2) is 4.98 Å².